The van der Waals surface area contributed by atoms with Crippen LogP contribution < -0.4 is 0 Å². The van der Waals surface area contributed by atoms with E-state index in [9.17, 15) is 14.0 Å². The van der Waals surface area contributed by atoms with Crippen molar-refractivity contribution in [2.45, 2.75) is 13.3 Å². The summed E-state index contributed by atoms with van der Waals surface area (Å²) in [4.78, 5) is 28.6. The number of rotatable bonds is 3. The molecule has 1 saturated heterocycles. The van der Waals surface area contributed by atoms with Crippen molar-refractivity contribution >= 4 is 23.4 Å². The van der Waals surface area contributed by atoms with Crippen molar-refractivity contribution in [2.75, 3.05) is 26.2 Å². The first-order valence-corrected chi connectivity index (χ1v) is 9.00. The van der Waals surface area contributed by atoms with Gasteiger partial charge < -0.3 is 9.80 Å². The Bertz CT molecular complexity index is 815. The fraction of sp³-hybridized carbons (Fsp3) is 0.300. The SMILES string of the molecule is CCc1ccc(C(=O)N2CCN(C(=O)c3ccc(F)cc3Cl)CC2)cc1. The Hall–Kier alpha value is -2.40. The zero-order valence-electron chi connectivity index (χ0n) is 14.5. The van der Waals surface area contributed by atoms with Gasteiger partial charge in [-0.2, -0.15) is 0 Å². The molecule has 0 aromatic heterocycles. The largest absolute Gasteiger partial charge is 0.335 e. The number of carbonyl (C=O) groups excluding carboxylic acids is 2. The Balaban J connectivity index is 1.63. The van der Waals surface area contributed by atoms with Gasteiger partial charge in [0.25, 0.3) is 11.8 Å². The summed E-state index contributed by atoms with van der Waals surface area (Å²) in [6.45, 7) is 3.83. The van der Waals surface area contributed by atoms with Crippen LogP contribution >= 0.6 is 11.6 Å². The molecule has 2 aromatic carbocycles. The van der Waals surface area contributed by atoms with Gasteiger partial charge >= 0.3 is 0 Å². The molecule has 0 N–H and O–H groups in total. The first-order chi connectivity index (χ1) is 12.5. The van der Waals surface area contributed by atoms with Gasteiger partial charge in [0.2, 0.25) is 0 Å². The van der Waals surface area contributed by atoms with Gasteiger partial charge in [-0.25, -0.2) is 4.39 Å². The number of benzene rings is 2. The number of piperazine rings is 1. The molecule has 0 aliphatic carbocycles. The molecule has 2 aromatic rings. The molecule has 1 aliphatic rings. The summed E-state index contributed by atoms with van der Waals surface area (Å²) in [5, 5.41) is 0.101. The average molecular weight is 375 g/mol. The second-order valence-electron chi connectivity index (χ2n) is 6.26. The molecule has 6 heteroatoms. The highest BCUT2D eigenvalue weighted by atomic mass is 35.5. The maximum absolute atomic E-state index is 13.1. The summed E-state index contributed by atoms with van der Waals surface area (Å²) < 4.78 is 13.1. The van der Waals surface area contributed by atoms with Gasteiger partial charge in [0, 0.05) is 31.7 Å². The Kier molecular flexibility index (Phi) is 5.57. The minimum Gasteiger partial charge on any atom is -0.335 e. The van der Waals surface area contributed by atoms with Crippen molar-refractivity contribution in [3.05, 3.63) is 70.0 Å². The Labute approximate surface area is 157 Å². The van der Waals surface area contributed by atoms with Crippen molar-refractivity contribution in [2.24, 2.45) is 0 Å². The Morgan fingerprint density at radius 3 is 2.08 bits per heavy atom. The number of halogens is 2. The molecular formula is C20H20ClFN2O2. The van der Waals surface area contributed by atoms with E-state index >= 15 is 0 Å². The van der Waals surface area contributed by atoms with Crippen molar-refractivity contribution in [3.63, 3.8) is 0 Å². The molecule has 136 valence electrons. The van der Waals surface area contributed by atoms with Crippen LogP contribution in [0.5, 0.6) is 0 Å². The quantitative estimate of drug-likeness (QED) is 0.823. The lowest BCUT2D eigenvalue weighted by atomic mass is 10.1. The van der Waals surface area contributed by atoms with Crippen LogP contribution in [0.15, 0.2) is 42.5 Å². The summed E-state index contributed by atoms with van der Waals surface area (Å²) >= 11 is 5.98. The van der Waals surface area contributed by atoms with Crippen LogP contribution in [-0.4, -0.2) is 47.8 Å². The highest BCUT2D eigenvalue weighted by Crippen LogP contribution is 2.20. The van der Waals surface area contributed by atoms with E-state index in [0.29, 0.717) is 31.7 Å². The average Bonchev–Trinajstić information content (AvgIpc) is 2.67. The number of hydrogen-bond acceptors (Lipinski definition) is 2. The third-order valence-electron chi connectivity index (χ3n) is 4.62. The molecule has 0 bridgehead atoms. The van der Waals surface area contributed by atoms with Gasteiger partial charge in [0.1, 0.15) is 5.82 Å². The molecule has 0 unspecified atom stereocenters. The lowest BCUT2D eigenvalue weighted by Crippen LogP contribution is -2.50. The molecule has 26 heavy (non-hydrogen) atoms. The molecule has 1 fully saturated rings. The van der Waals surface area contributed by atoms with E-state index in [4.69, 9.17) is 11.6 Å². The van der Waals surface area contributed by atoms with Crippen LogP contribution in [0.2, 0.25) is 5.02 Å². The van der Waals surface area contributed by atoms with Crippen molar-refractivity contribution in [1.82, 2.24) is 9.80 Å². The maximum atomic E-state index is 13.1. The van der Waals surface area contributed by atoms with Crippen LogP contribution in [0.1, 0.15) is 33.2 Å². The molecule has 1 heterocycles. The maximum Gasteiger partial charge on any atom is 0.255 e. The van der Waals surface area contributed by atoms with Gasteiger partial charge in [0.15, 0.2) is 0 Å². The zero-order valence-corrected chi connectivity index (χ0v) is 15.3. The molecule has 0 saturated carbocycles. The predicted octanol–water partition coefficient (Wildman–Crippen LogP) is 3.64. The molecule has 4 nitrogen and oxygen atoms in total. The molecule has 1 aliphatic heterocycles. The normalized spacial score (nSPS) is 14.4. The highest BCUT2D eigenvalue weighted by Gasteiger charge is 2.26. The third-order valence-corrected chi connectivity index (χ3v) is 4.94. The number of hydrogen-bond donors (Lipinski definition) is 0. The molecule has 0 radical (unpaired) electrons. The van der Waals surface area contributed by atoms with Gasteiger partial charge in [-0.15, -0.1) is 0 Å². The second kappa shape index (κ2) is 7.87. The van der Waals surface area contributed by atoms with E-state index in [2.05, 4.69) is 6.92 Å². The Morgan fingerprint density at radius 1 is 0.962 bits per heavy atom. The van der Waals surface area contributed by atoms with Crippen LogP contribution in [0, 0.1) is 5.82 Å². The first kappa shape index (κ1) is 18.4. The van der Waals surface area contributed by atoms with E-state index < -0.39 is 5.82 Å². The summed E-state index contributed by atoms with van der Waals surface area (Å²) in [6, 6.07) is 11.4. The predicted molar refractivity (Wildman–Crippen MR) is 99.0 cm³/mol. The fourth-order valence-corrected chi connectivity index (χ4v) is 3.26. The van der Waals surface area contributed by atoms with Crippen LogP contribution in [0.4, 0.5) is 4.39 Å². The topological polar surface area (TPSA) is 40.6 Å². The standard InChI is InChI=1S/C20H20ClFN2O2/c1-2-14-3-5-15(6-4-14)19(25)23-9-11-24(12-10-23)20(26)17-8-7-16(22)13-18(17)21/h3-8,13H,2,9-12H2,1H3. The molecule has 0 spiro atoms. The monoisotopic (exact) mass is 374 g/mol. The first-order valence-electron chi connectivity index (χ1n) is 8.62. The summed E-state index contributed by atoms with van der Waals surface area (Å²) in [7, 11) is 0. The van der Waals surface area contributed by atoms with Gasteiger partial charge in [-0.3, -0.25) is 9.59 Å². The molecule has 2 amide bonds. The minimum absolute atomic E-state index is 0.0282. The summed E-state index contributed by atoms with van der Waals surface area (Å²) in [6.07, 6.45) is 0.932. The summed E-state index contributed by atoms with van der Waals surface area (Å²) in [5.74, 6) is -0.745. The molecule has 0 atom stereocenters. The van der Waals surface area contributed by atoms with E-state index in [1.165, 1.54) is 17.7 Å². The van der Waals surface area contributed by atoms with Crippen molar-refractivity contribution < 1.29 is 14.0 Å². The molecular weight excluding hydrogens is 355 g/mol. The van der Waals surface area contributed by atoms with Gasteiger partial charge in [-0.1, -0.05) is 30.7 Å². The number of carbonyl (C=O) groups is 2. The van der Waals surface area contributed by atoms with E-state index in [1.807, 2.05) is 24.3 Å². The van der Waals surface area contributed by atoms with Crippen molar-refractivity contribution in [1.29, 1.82) is 0 Å². The zero-order chi connectivity index (χ0) is 18.7. The van der Waals surface area contributed by atoms with E-state index in [1.54, 1.807) is 9.80 Å². The second-order valence-corrected chi connectivity index (χ2v) is 6.67. The third kappa shape index (κ3) is 3.88. The number of aryl methyl sites for hydroxylation is 1. The highest BCUT2D eigenvalue weighted by molar-refractivity contribution is 6.33. The fourth-order valence-electron chi connectivity index (χ4n) is 3.01. The van der Waals surface area contributed by atoms with Crippen LogP contribution in [0.25, 0.3) is 0 Å². The van der Waals surface area contributed by atoms with E-state index in [0.717, 1.165) is 12.5 Å². The van der Waals surface area contributed by atoms with Crippen LogP contribution in [-0.2, 0) is 6.42 Å². The number of amides is 2. The van der Waals surface area contributed by atoms with E-state index in [-0.39, 0.29) is 22.4 Å². The van der Waals surface area contributed by atoms with Gasteiger partial charge in [0.05, 0.1) is 10.6 Å². The summed E-state index contributed by atoms with van der Waals surface area (Å²) in [5.41, 5.74) is 2.12. The van der Waals surface area contributed by atoms with Gasteiger partial charge in [-0.05, 0) is 42.3 Å². The van der Waals surface area contributed by atoms with Crippen molar-refractivity contribution in [3.8, 4) is 0 Å². The lowest BCUT2D eigenvalue weighted by Gasteiger charge is -2.35. The minimum atomic E-state index is -0.476. The molecule has 3 rings (SSSR count). The lowest BCUT2D eigenvalue weighted by molar-refractivity contribution is 0.0535. The van der Waals surface area contributed by atoms with Crippen LogP contribution in [0.3, 0.4) is 0 Å². The Morgan fingerprint density at radius 2 is 1.54 bits per heavy atom. The smallest absolute Gasteiger partial charge is 0.255 e. The number of nitrogens with zero attached hydrogens (tertiary/aromatic N) is 2.